The van der Waals surface area contributed by atoms with Crippen molar-refractivity contribution < 1.29 is 4.74 Å². The Kier molecular flexibility index (Phi) is 4.66. The van der Waals surface area contributed by atoms with Crippen molar-refractivity contribution in [3.63, 3.8) is 0 Å². The standard InChI is InChI=1S/C16H20N2O/c1-3-19-16(13-7-5-4-6-8-13)15(17)14-10-9-12(2)18-11-14/h4-11,15-16H,3,17H2,1-2H3. The molecular formula is C16H20N2O. The van der Waals surface area contributed by atoms with Gasteiger partial charge >= 0.3 is 0 Å². The van der Waals surface area contributed by atoms with Crippen molar-refractivity contribution in [3.8, 4) is 0 Å². The summed E-state index contributed by atoms with van der Waals surface area (Å²) in [5.41, 5.74) is 9.42. The fraction of sp³-hybridized carbons (Fsp3) is 0.312. The van der Waals surface area contributed by atoms with Gasteiger partial charge in [0.2, 0.25) is 0 Å². The molecule has 2 unspecified atom stereocenters. The van der Waals surface area contributed by atoms with Gasteiger partial charge < -0.3 is 10.5 Å². The first kappa shape index (κ1) is 13.7. The van der Waals surface area contributed by atoms with Crippen LogP contribution in [0.5, 0.6) is 0 Å². The van der Waals surface area contributed by atoms with Crippen molar-refractivity contribution in [2.75, 3.05) is 6.61 Å². The molecule has 2 N–H and O–H groups in total. The van der Waals surface area contributed by atoms with Crippen LogP contribution >= 0.6 is 0 Å². The van der Waals surface area contributed by atoms with E-state index in [1.165, 1.54) is 0 Å². The highest BCUT2D eigenvalue weighted by Crippen LogP contribution is 2.29. The third kappa shape index (κ3) is 3.40. The molecule has 0 aliphatic rings. The molecule has 3 nitrogen and oxygen atoms in total. The molecule has 1 aromatic carbocycles. The molecule has 19 heavy (non-hydrogen) atoms. The van der Waals surface area contributed by atoms with Crippen LogP contribution in [0.15, 0.2) is 48.7 Å². The second-order valence-electron chi connectivity index (χ2n) is 4.55. The predicted molar refractivity (Wildman–Crippen MR) is 76.7 cm³/mol. The molecule has 2 atom stereocenters. The highest BCUT2D eigenvalue weighted by molar-refractivity contribution is 5.25. The summed E-state index contributed by atoms with van der Waals surface area (Å²) in [6.45, 7) is 4.58. The van der Waals surface area contributed by atoms with E-state index in [-0.39, 0.29) is 12.1 Å². The fourth-order valence-corrected chi connectivity index (χ4v) is 2.08. The van der Waals surface area contributed by atoms with Gasteiger partial charge in [-0.3, -0.25) is 4.98 Å². The van der Waals surface area contributed by atoms with Gasteiger partial charge in [-0.1, -0.05) is 36.4 Å². The summed E-state index contributed by atoms with van der Waals surface area (Å²) in [5.74, 6) is 0. The lowest BCUT2D eigenvalue weighted by Gasteiger charge is -2.24. The van der Waals surface area contributed by atoms with Gasteiger partial charge in [0.1, 0.15) is 6.10 Å². The van der Waals surface area contributed by atoms with E-state index in [1.54, 1.807) is 0 Å². The number of aryl methyl sites for hydroxylation is 1. The summed E-state index contributed by atoms with van der Waals surface area (Å²) in [6, 6.07) is 13.9. The predicted octanol–water partition coefficient (Wildman–Crippen LogP) is 3.17. The molecule has 0 aliphatic carbocycles. The Morgan fingerprint density at radius 1 is 1.11 bits per heavy atom. The molecular weight excluding hydrogens is 236 g/mol. The fourth-order valence-electron chi connectivity index (χ4n) is 2.08. The van der Waals surface area contributed by atoms with Crippen LogP contribution < -0.4 is 5.73 Å². The third-order valence-corrected chi connectivity index (χ3v) is 3.12. The molecule has 3 heteroatoms. The summed E-state index contributed by atoms with van der Waals surface area (Å²) in [6.07, 6.45) is 1.69. The Morgan fingerprint density at radius 2 is 1.84 bits per heavy atom. The van der Waals surface area contributed by atoms with Gasteiger partial charge in [-0.2, -0.15) is 0 Å². The van der Waals surface area contributed by atoms with Gasteiger partial charge in [0.05, 0.1) is 6.04 Å². The van der Waals surface area contributed by atoms with Crippen LogP contribution in [0, 0.1) is 6.92 Å². The molecule has 100 valence electrons. The summed E-state index contributed by atoms with van der Waals surface area (Å²) >= 11 is 0. The van der Waals surface area contributed by atoms with Crippen molar-refractivity contribution in [1.29, 1.82) is 0 Å². The Balaban J connectivity index is 2.26. The first-order valence-corrected chi connectivity index (χ1v) is 6.57. The highest BCUT2D eigenvalue weighted by Gasteiger charge is 2.21. The number of ether oxygens (including phenoxy) is 1. The zero-order chi connectivity index (χ0) is 13.7. The van der Waals surface area contributed by atoms with E-state index in [2.05, 4.69) is 4.98 Å². The van der Waals surface area contributed by atoms with E-state index in [4.69, 9.17) is 10.5 Å². The molecule has 0 saturated carbocycles. The van der Waals surface area contributed by atoms with Crippen LogP contribution in [-0.2, 0) is 4.74 Å². The van der Waals surface area contributed by atoms with E-state index in [0.717, 1.165) is 16.8 Å². The molecule has 0 spiro atoms. The first-order chi connectivity index (χ1) is 9.22. The summed E-state index contributed by atoms with van der Waals surface area (Å²) in [4.78, 5) is 4.30. The van der Waals surface area contributed by atoms with Gasteiger partial charge in [-0.25, -0.2) is 0 Å². The topological polar surface area (TPSA) is 48.1 Å². The lowest BCUT2D eigenvalue weighted by molar-refractivity contribution is 0.0428. The number of hydrogen-bond acceptors (Lipinski definition) is 3. The van der Waals surface area contributed by atoms with Crippen molar-refractivity contribution in [2.24, 2.45) is 5.73 Å². The van der Waals surface area contributed by atoms with Crippen molar-refractivity contribution in [2.45, 2.75) is 26.0 Å². The Labute approximate surface area is 114 Å². The lowest BCUT2D eigenvalue weighted by Crippen LogP contribution is -2.22. The molecule has 0 aliphatic heterocycles. The highest BCUT2D eigenvalue weighted by atomic mass is 16.5. The molecule has 0 bridgehead atoms. The summed E-state index contributed by atoms with van der Waals surface area (Å²) in [5, 5.41) is 0. The van der Waals surface area contributed by atoms with Crippen molar-refractivity contribution >= 4 is 0 Å². The number of pyridine rings is 1. The zero-order valence-corrected chi connectivity index (χ0v) is 11.4. The van der Waals surface area contributed by atoms with Crippen LogP contribution in [0.25, 0.3) is 0 Å². The molecule has 2 aromatic rings. The van der Waals surface area contributed by atoms with Crippen LogP contribution in [0.2, 0.25) is 0 Å². The van der Waals surface area contributed by atoms with Crippen LogP contribution in [0.4, 0.5) is 0 Å². The maximum absolute atomic E-state index is 6.34. The number of nitrogens with zero attached hydrogens (tertiary/aromatic N) is 1. The minimum absolute atomic E-state index is 0.143. The van der Waals surface area contributed by atoms with Gasteiger partial charge in [-0.05, 0) is 31.0 Å². The molecule has 0 fully saturated rings. The van der Waals surface area contributed by atoms with Crippen LogP contribution in [0.1, 0.15) is 35.9 Å². The Hall–Kier alpha value is -1.71. The zero-order valence-electron chi connectivity index (χ0n) is 11.4. The largest absolute Gasteiger partial charge is 0.372 e. The molecule has 0 radical (unpaired) electrons. The SMILES string of the molecule is CCOC(c1ccccc1)C(N)c1ccc(C)nc1. The van der Waals surface area contributed by atoms with Gasteiger partial charge in [0.25, 0.3) is 0 Å². The normalized spacial score (nSPS) is 14.1. The first-order valence-electron chi connectivity index (χ1n) is 6.57. The molecule has 1 heterocycles. The van der Waals surface area contributed by atoms with Gasteiger partial charge in [0.15, 0.2) is 0 Å². The van der Waals surface area contributed by atoms with Crippen LogP contribution in [-0.4, -0.2) is 11.6 Å². The minimum atomic E-state index is -0.213. The smallest absolute Gasteiger partial charge is 0.102 e. The monoisotopic (exact) mass is 256 g/mol. The van der Waals surface area contributed by atoms with Crippen molar-refractivity contribution in [3.05, 3.63) is 65.5 Å². The lowest BCUT2D eigenvalue weighted by atomic mass is 9.97. The number of hydrogen-bond donors (Lipinski definition) is 1. The average molecular weight is 256 g/mol. The van der Waals surface area contributed by atoms with E-state index in [0.29, 0.717) is 6.61 Å². The second kappa shape index (κ2) is 6.45. The van der Waals surface area contributed by atoms with E-state index < -0.39 is 0 Å². The molecule has 0 saturated heterocycles. The quantitative estimate of drug-likeness (QED) is 0.893. The van der Waals surface area contributed by atoms with Crippen molar-refractivity contribution in [1.82, 2.24) is 4.98 Å². The van der Waals surface area contributed by atoms with E-state index in [1.807, 2.05) is 62.5 Å². The third-order valence-electron chi connectivity index (χ3n) is 3.12. The van der Waals surface area contributed by atoms with Crippen LogP contribution in [0.3, 0.4) is 0 Å². The van der Waals surface area contributed by atoms with E-state index in [9.17, 15) is 0 Å². The van der Waals surface area contributed by atoms with Gasteiger partial charge in [-0.15, -0.1) is 0 Å². The second-order valence-corrected chi connectivity index (χ2v) is 4.55. The maximum atomic E-state index is 6.34. The maximum Gasteiger partial charge on any atom is 0.102 e. The Bertz CT molecular complexity index is 496. The van der Waals surface area contributed by atoms with E-state index >= 15 is 0 Å². The molecule has 0 amide bonds. The number of rotatable bonds is 5. The molecule has 2 rings (SSSR count). The molecule has 1 aromatic heterocycles. The minimum Gasteiger partial charge on any atom is -0.372 e. The number of benzene rings is 1. The van der Waals surface area contributed by atoms with Gasteiger partial charge in [0, 0.05) is 18.5 Å². The summed E-state index contributed by atoms with van der Waals surface area (Å²) in [7, 11) is 0. The average Bonchev–Trinajstić information content (AvgIpc) is 2.46. The summed E-state index contributed by atoms with van der Waals surface area (Å²) < 4.78 is 5.82. The number of aromatic nitrogens is 1. The Morgan fingerprint density at radius 3 is 2.42 bits per heavy atom. The number of nitrogens with two attached hydrogens (primary N) is 1.